The van der Waals surface area contributed by atoms with Crippen molar-refractivity contribution in [2.24, 2.45) is 11.0 Å². The standard InChI is InChI=1S/C31H34FN3O3/c1-37-26-12-13-27(30(19-26)38-2)28-20-29(24-8-10-25(32)11-9-24)35(33-28)31(36)21-34-16-14-23(15-17-34)18-22-6-4-3-5-7-22/h3-13,19,23,29H,14-18,20-21H2,1-2H3. The maximum absolute atomic E-state index is 13.7. The number of carbonyl (C=O) groups is 1. The number of piperidine rings is 1. The second-order valence-corrected chi connectivity index (χ2v) is 10.0. The van der Waals surface area contributed by atoms with Gasteiger partial charge in [0.25, 0.3) is 5.91 Å². The number of amides is 1. The van der Waals surface area contributed by atoms with Crippen LogP contribution in [0.1, 0.15) is 42.0 Å². The minimum atomic E-state index is -0.305. The summed E-state index contributed by atoms with van der Waals surface area (Å²) in [4.78, 5) is 15.8. The Labute approximate surface area is 223 Å². The predicted octanol–water partition coefficient (Wildman–Crippen LogP) is 5.48. The quantitative estimate of drug-likeness (QED) is 0.399. The van der Waals surface area contributed by atoms with Crippen molar-refractivity contribution in [3.63, 3.8) is 0 Å². The third-order valence-corrected chi connectivity index (χ3v) is 7.57. The average Bonchev–Trinajstić information content (AvgIpc) is 3.40. The third-order valence-electron chi connectivity index (χ3n) is 7.57. The van der Waals surface area contributed by atoms with E-state index in [0.717, 1.165) is 49.2 Å². The first-order chi connectivity index (χ1) is 18.5. The zero-order chi connectivity index (χ0) is 26.5. The second-order valence-electron chi connectivity index (χ2n) is 10.0. The SMILES string of the molecule is COc1ccc(C2=NN(C(=O)CN3CCC(Cc4ccccc4)CC3)C(c3ccc(F)cc3)C2)c(OC)c1. The van der Waals surface area contributed by atoms with Crippen LogP contribution in [0.4, 0.5) is 4.39 Å². The van der Waals surface area contributed by atoms with E-state index in [9.17, 15) is 9.18 Å². The molecule has 0 aliphatic carbocycles. The Bertz CT molecular complexity index is 1270. The van der Waals surface area contributed by atoms with Crippen LogP contribution < -0.4 is 9.47 Å². The molecule has 3 aromatic rings. The lowest BCUT2D eigenvalue weighted by Crippen LogP contribution is -2.42. The third kappa shape index (κ3) is 5.89. The molecule has 6 nitrogen and oxygen atoms in total. The summed E-state index contributed by atoms with van der Waals surface area (Å²) in [5.74, 6) is 1.59. The molecule has 0 aromatic heterocycles. The molecule has 2 aliphatic heterocycles. The van der Waals surface area contributed by atoms with Crippen molar-refractivity contribution in [1.82, 2.24) is 9.91 Å². The van der Waals surface area contributed by atoms with Crippen LogP contribution >= 0.6 is 0 Å². The van der Waals surface area contributed by atoms with Gasteiger partial charge in [-0.1, -0.05) is 42.5 Å². The van der Waals surface area contributed by atoms with Crippen molar-refractivity contribution in [3.05, 3.63) is 95.3 Å². The Balaban J connectivity index is 1.31. The molecule has 0 radical (unpaired) electrons. The highest BCUT2D eigenvalue weighted by Gasteiger charge is 2.35. The van der Waals surface area contributed by atoms with E-state index in [1.54, 1.807) is 31.4 Å². The fourth-order valence-corrected chi connectivity index (χ4v) is 5.44. The van der Waals surface area contributed by atoms with Gasteiger partial charge in [0.05, 0.1) is 32.5 Å². The van der Waals surface area contributed by atoms with Gasteiger partial charge >= 0.3 is 0 Å². The molecule has 0 N–H and O–H groups in total. The number of hydrogen-bond acceptors (Lipinski definition) is 5. The van der Waals surface area contributed by atoms with Crippen molar-refractivity contribution < 1.29 is 18.7 Å². The van der Waals surface area contributed by atoms with Gasteiger partial charge in [-0.15, -0.1) is 0 Å². The largest absolute Gasteiger partial charge is 0.497 e. The molecule has 1 unspecified atom stereocenters. The van der Waals surface area contributed by atoms with E-state index in [-0.39, 0.29) is 17.8 Å². The van der Waals surface area contributed by atoms with E-state index >= 15 is 0 Å². The Hall–Kier alpha value is -3.71. The van der Waals surface area contributed by atoms with E-state index in [4.69, 9.17) is 14.6 Å². The van der Waals surface area contributed by atoms with Crippen molar-refractivity contribution in [1.29, 1.82) is 0 Å². The van der Waals surface area contributed by atoms with Crippen LogP contribution in [-0.2, 0) is 11.2 Å². The summed E-state index contributed by atoms with van der Waals surface area (Å²) < 4.78 is 24.6. The maximum Gasteiger partial charge on any atom is 0.257 e. The predicted molar refractivity (Wildman–Crippen MR) is 146 cm³/mol. The Morgan fingerprint density at radius 2 is 1.71 bits per heavy atom. The molecule has 5 rings (SSSR count). The molecule has 198 valence electrons. The Morgan fingerprint density at radius 3 is 2.39 bits per heavy atom. The summed E-state index contributed by atoms with van der Waals surface area (Å²) >= 11 is 0. The highest BCUT2D eigenvalue weighted by Crippen LogP contribution is 2.36. The number of likely N-dealkylation sites (tertiary alicyclic amines) is 1. The van der Waals surface area contributed by atoms with Gasteiger partial charge in [0.1, 0.15) is 17.3 Å². The van der Waals surface area contributed by atoms with Gasteiger partial charge in [-0.05, 0) is 73.7 Å². The van der Waals surface area contributed by atoms with E-state index < -0.39 is 0 Å². The van der Waals surface area contributed by atoms with Crippen LogP contribution in [0.15, 0.2) is 77.9 Å². The number of halogens is 1. The lowest BCUT2D eigenvalue weighted by molar-refractivity contribution is -0.134. The lowest BCUT2D eigenvalue weighted by Gasteiger charge is -2.33. The van der Waals surface area contributed by atoms with Crippen LogP contribution in [0.5, 0.6) is 11.5 Å². The zero-order valence-electron chi connectivity index (χ0n) is 22.0. The number of carbonyl (C=O) groups excluding carboxylic acids is 1. The molecule has 0 spiro atoms. The molecule has 2 heterocycles. The molecule has 0 bridgehead atoms. The Morgan fingerprint density at radius 1 is 0.974 bits per heavy atom. The van der Waals surface area contributed by atoms with Crippen molar-refractivity contribution in [2.45, 2.75) is 31.7 Å². The number of rotatable bonds is 8. The summed E-state index contributed by atoms with van der Waals surface area (Å²) in [6.07, 6.45) is 3.74. The molecule has 3 aromatic carbocycles. The monoisotopic (exact) mass is 515 g/mol. The molecule has 1 amide bonds. The number of nitrogens with zero attached hydrogens (tertiary/aromatic N) is 3. The van der Waals surface area contributed by atoms with Crippen LogP contribution in [0, 0.1) is 11.7 Å². The second kappa shape index (κ2) is 11.8. The highest BCUT2D eigenvalue weighted by atomic mass is 19.1. The number of ether oxygens (including phenoxy) is 2. The molecule has 2 aliphatic rings. The fraction of sp³-hybridized carbons (Fsp3) is 0.355. The summed E-state index contributed by atoms with van der Waals surface area (Å²) in [7, 11) is 3.21. The normalized spacial score (nSPS) is 18.3. The van der Waals surface area contributed by atoms with Gasteiger partial charge in [0, 0.05) is 18.1 Å². The lowest BCUT2D eigenvalue weighted by atomic mass is 9.90. The summed E-state index contributed by atoms with van der Waals surface area (Å²) in [6.45, 7) is 2.09. The average molecular weight is 516 g/mol. The van der Waals surface area contributed by atoms with E-state index in [1.807, 2.05) is 24.3 Å². The topological polar surface area (TPSA) is 54.4 Å². The van der Waals surface area contributed by atoms with Gasteiger partial charge in [0.2, 0.25) is 0 Å². The molecule has 38 heavy (non-hydrogen) atoms. The van der Waals surface area contributed by atoms with E-state index in [0.29, 0.717) is 30.4 Å². The molecule has 1 atom stereocenters. The van der Waals surface area contributed by atoms with Gasteiger partial charge in [-0.3, -0.25) is 9.69 Å². The molecule has 7 heteroatoms. The summed E-state index contributed by atoms with van der Waals surface area (Å²) in [5, 5.41) is 6.38. The van der Waals surface area contributed by atoms with Gasteiger partial charge in [-0.2, -0.15) is 5.10 Å². The first-order valence-electron chi connectivity index (χ1n) is 13.2. The minimum Gasteiger partial charge on any atom is -0.497 e. The molecule has 1 saturated heterocycles. The Kier molecular flexibility index (Phi) is 8.03. The molecule has 0 saturated carbocycles. The first kappa shape index (κ1) is 25.9. The molecule has 1 fully saturated rings. The van der Waals surface area contributed by atoms with Gasteiger partial charge < -0.3 is 9.47 Å². The van der Waals surface area contributed by atoms with Crippen molar-refractivity contribution in [2.75, 3.05) is 33.9 Å². The van der Waals surface area contributed by atoms with Crippen molar-refractivity contribution >= 4 is 11.6 Å². The van der Waals surface area contributed by atoms with Gasteiger partial charge in [0.15, 0.2) is 0 Å². The van der Waals surface area contributed by atoms with Crippen LogP contribution in [0.25, 0.3) is 0 Å². The van der Waals surface area contributed by atoms with E-state index in [2.05, 4.69) is 29.2 Å². The van der Waals surface area contributed by atoms with Crippen LogP contribution in [0.3, 0.4) is 0 Å². The smallest absolute Gasteiger partial charge is 0.257 e. The highest BCUT2D eigenvalue weighted by molar-refractivity contribution is 6.05. The number of hydrogen-bond donors (Lipinski definition) is 0. The molecular formula is C31H34FN3O3. The first-order valence-corrected chi connectivity index (χ1v) is 13.2. The maximum atomic E-state index is 13.7. The summed E-state index contributed by atoms with van der Waals surface area (Å²) in [6, 6.07) is 22.2. The minimum absolute atomic E-state index is 0.0525. The number of methoxy groups -OCH3 is 2. The van der Waals surface area contributed by atoms with Crippen LogP contribution in [-0.4, -0.2) is 55.4 Å². The fourth-order valence-electron chi connectivity index (χ4n) is 5.44. The number of hydrazone groups is 1. The number of benzene rings is 3. The zero-order valence-corrected chi connectivity index (χ0v) is 22.0. The summed E-state index contributed by atoms with van der Waals surface area (Å²) in [5.41, 5.74) is 3.80. The van der Waals surface area contributed by atoms with Gasteiger partial charge in [-0.25, -0.2) is 9.40 Å². The molecular weight excluding hydrogens is 481 g/mol. The van der Waals surface area contributed by atoms with Crippen LogP contribution in [0.2, 0.25) is 0 Å². The van der Waals surface area contributed by atoms with Crippen molar-refractivity contribution in [3.8, 4) is 11.5 Å². The van der Waals surface area contributed by atoms with E-state index in [1.165, 1.54) is 17.7 Å².